The summed E-state index contributed by atoms with van der Waals surface area (Å²) in [7, 11) is 0. The van der Waals surface area contributed by atoms with E-state index in [1.807, 2.05) is 60.7 Å². The summed E-state index contributed by atoms with van der Waals surface area (Å²) in [6.07, 6.45) is -6.43. The Bertz CT molecular complexity index is 1640. The van der Waals surface area contributed by atoms with Crippen molar-refractivity contribution < 1.29 is 42.9 Å². The lowest BCUT2D eigenvalue weighted by molar-refractivity contribution is -0.254. The first-order valence-electron chi connectivity index (χ1n) is 15.2. The van der Waals surface area contributed by atoms with E-state index in [-0.39, 0.29) is 17.7 Å². The van der Waals surface area contributed by atoms with E-state index in [4.69, 9.17) is 40.9 Å². The van der Waals surface area contributed by atoms with Crippen LogP contribution in [-0.2, 0) is 42.9 Å². The largest absolute Gasteiger partial charge is 0.463 e. The number of thiocarbonyl (C=S) groups is 1. The number of rotatable bonds is 10. The number of aromatic nitrogens is 2. The Morgan fingerprint density at radius 2 is 1.31 bits per heavy atom. The third-order valence-electron chi connectivity index (χ3n) is 7.16. The molecule has 0 amide bonds. The summed E-state index contributed by atoms with van der Waals surface area (Å²) in [5.41, 5.74) is 4.16. The Balaban J connectivity index is 1.67. The molecule has 1 aliphatic rings. The van der Waals surface area contributed by atoms with Crippen molar-refractivity contribution in [2.24, 2.45) is 0 Å². The fourth-order valence-electron chi connectivity index (χ4n) is 5.06. The maximum atomic E-state index is 12.2. The van der Waals surface area contributed by atoms with Crippen LogP contribution in [0.1, 0.15) is 53.0 Å². The summed E-state index contributed by atoms with van der Waals surface area (Å²) >= 11 is 5.62. The van der Waals surface area contributed by atoms with Crippen LogP contribution in [-0.4, -0.2) is 76.2 Å². The zero-order chi connectivity index (χ0) is 35.0. The van der Waals surface area contributed by atoms with E-state index in [0.717, 1.165) is 31.9 Å². The van der Waals surface area contributed by atoms with Crippen LogP contribution in [0.15, 0.2) is 60.7 Å². The molecule has 14 heteroatoms. The minimum atomic E-state index is -1.36. The van der Waals surface area contributed by atoms with Crippen molar-refractivity contribution >= 4 is 47.2 Å². The molecule has 5 unspecified atom stereocenters. The number of benzene rings is 2. The second-order valence-electron chi connectivity index (χ2n) is 11.3. The van der Waals surface area contributed by atoms with Gasteiger partial charge in [-0.2, -0.15) is 0 Å². The van der Waals surface area contributed by atoms with E-state index >= 15 is 0 Å². The summed E-state index contributed by atoms with van der Waals surface area (Å²) in [5, 5.41) is 5.86. The Kier molecular flexibility index (Phi) is 12.1. The average molecular weight is 679 g/mol. The SMILES string of the molecule is CC(=O)OCC1OC(NC(=S)Nc2nc(-c3ccccc3)cc(-c3ccc(C(C)C)cc3)n2)C(OC(C)=O)C(OC(C)=O)C1OC(C)=O. The van der Waals surface area contributed by atoms with E-state index in [0.29, 0.717) is 17.3 Å². The van der Waals surface area contributed by atoms with Gasteiger partial charge in [0.15, 0.2) is 29.7 Å². The highest BCUT2D eigenvalue weighted by Gasteiger charge is 2.52. The van der Waals surface area contributed by atoms with Gasteiger partial charge in [-0.1, -0.05) is 68.4 Å². The van der Waals surface area contributed by atoms with E-state index in [1.54, 1.807) is 0 Å². The van der Waals surface area contributed by atoms with Crippen LogP contribution in [0.4, 0.5) is 5.95 Å². The number of esters is 4. The molecule has 0 spiro atoms. The molecule has 254 valence electrons. The van der Waals surface area contributed by atoms with E-state index in [2.05, 4.69) is 29.5 Å². The van der Waals surface area contributed by atoms with Gasteiger partial charge in [-0.25, -0.2) is 9.97 Å². The lowest BCUT2D eigenvalue weighted by Gasteiger charge is -2.44. The molecule has 0 aliphatic carbocycles. The van der Waals surface area contributed by atoms with Gasteiger partial charge in [0, 0.05) is 38.8 Å². The molecule has 1 saturated heterocycles. The third kappa shape index (κ3) is 9.78. The van der Waals surface area contributed by atoms with Gasteiger partial charge in [-0.15, -0.1) is 0 Å². The second kappa shape index (κ2) is 16.2. The van der Waals surface area contributed by atoms with Crippen LogP contribution in [0.5, 0.6) is 0 Å². The van der Waals surface area contributed by atoms with Crippen molar-refractivity contribution in [2.75, 3.05) is 11.9 Å². The summed E-state index contributed by atoms with van der Waals surface area (Å²) in [6, 6.07) is 19.5. The van der Waals surface area contributed by atoms with Crippen molar-refractivity contribution in [3.05, 3.63) is 66.2 Å². The number of hydrogen-bond donors (Lipinski definition) is 2. The minimum Gasteiger partial charge on any atom is -0.463 e. The molecule has 1 fully saturated rings. The quantitative estimate of drug-likeness (QED) is 0.177. The number of anilines is 1. The number of carbonyl (C=O) groups is 4. The normalized spacial score (nSPS) is 20.3. The molecule has 2 N–H and O–H groups in total. The van der Waals surface area contributed by atoms with Gasteiger partial charge in [-0.05, 0) is 29.8 Å². The van der Waals surface area contributed by atoms with Crippen molar-refractivity contribution in [1.29, 1.82) is 0 Å². The lowest BCUT2D eigenvalue weighted by atomic mass is 9.97. The number of nitrogens with zero attached hydrogens (tertiary/aromatic N) is 2. The van der Waals surface area contributed by atoms with Crippen LogP contribution in [0.2, 0.25) is 0 Å². The summed E-state index contributed by atoms with van der Waals surface area (Å²) < 4.78 is 27.7. The van der Waals surface area contributed by atoms with Gasteiger partial charge in [0.2, 0.25) is 5.95 Å². The van der Waals surface area contributed by atoms with Crippen molar-refractivity contribution in [2.45, 2.75) is 78.1 Å². The zero-order valence-electron chi connectivity index (χ0n) is 27.4. The standard InChI is InChI=1S/C34H38N4O9S/c1-18(2)23-12-14-25(15-13-23)27-16-26(24-10-8-7-9-11-24)35-33(36-27)38-34(48)37-32-31(46-22(6)42)30(45-21(5)41)29(44-20(4)40)28(47-32)17-43-19(3)39/h7-16,18,28-32H,17H2,1-6H3,(H2,35,36,37,38,48). The summed E-state index contributed by atoms with van der Waals surface area (Å²) in [4.78, 5) is 57.4. The van der Waals surface area contributed by atoms with Crippen molar-refractivity contribution in [3.8, 4) is 22.5 Å². The molecule has 0 saturated carbocycles. The molecule has 13 nitrogen and oxygen atoms in total. The smallest absolute Gasteiger partial charge is 0.303 e. The van der Waals surface area contributed by atoms with Crippen LogP contribution < -0.4 is 10.6 Å². The van der Waals surface area contributed by atoms with Crippen molar-refractivity contribution in [1.82, 2.24) is 15.3 Å². The van der Waals surface area contributed by atoms with Crippen LogP contribution in [0, 0.1) is 0 Å². The number of ether oxygens (including phenoxy) is 5. The van der Waals surface area contributed by atoms with Crippen molar-refractivity contribution in [3.63, 3.8) is 0 Å². The highest BCUT2D eigenvalue weighted by atomic mass is 32.1. The van der Waals surface area contributed by atoms with Gasteiger partial charge in [0.05, 0.1) is 11.4 Å². The summed E-state index contributed by atoms with van der Waals surface area (Å²) in [6.45, 7) is 8.50. The Labute approximate surface area is 283 Å². The second-order valence-corrected chi connectivity index (χ2v) is 11.7. The molecule has 0 radical (unpaired) electrons. The lowest BCUT2D eigenvalue weighted by Crippen LogP contribution is -2.66. The molecular weight excluding hydrogens is 640 g/mol. The first kappa shape index (κ1) is 35.9. The zero-order valence-corrected chi connectivity index (χ0v) is 28.2. The molecule has 0 bridgehead atoms. The highest BCUT2D eigenvalue weighted by molar-refractivity contribution is 7.80. The Morgan fingerprint density at radius 3 is 1.85 bits per heavy atom. The van der Waals surface area contributed by atoms with Gasteiger partial charge in [-0.3, -0.25) is 19.2 Å². The molecule has 4 rings (SSSR count). The predicted molar refractivity (Wildman–Crippen MR) is 178 cm³/mol. The molecule has 1 aromatic heterocycles. The van der Waals surface area contributed by atoms with Gasteiger partial charge in [0.1, 0.15) is 12.7 Å². The first-order chi connectivity index (χ1) is 22.8. The topological polar surface area (TPSA) is 164 Å². The average Bonchev–Trinajstić information content (AvgIpc) is 3.02. The number of nitrogens with one attached hydrogen (secondary N) is 2. The molecule has 2 aromatic carbocycles. The van der Waals surface area contributed by atoms with Crippen LogP contribution in [0.25, 0.3) is 22.5 Å². The highest BCUT2D eigenvalue weighted by Crippen LogP contribution is 2.30. The van der Waals surface area contributed by atoms with Crippen LogP contribution in [0.3, 0.4) is 0 Å². The summed E-state index contributed by atoms with van der Waals surface area (Å²) in [5.74, 6) is -2.33. The third-order valence-corrected chi connectivity index (χ3v) is 7.38. The maximum Gasteiger partial charge on any atom is 0.303 e. The molecular formula is C34H38N4O9S. The Hall–Kier alpha value is -4.95. The number of carbonyl (C=O) groups excluding carboxylic acids is 4. The van der Waals surface area contributed by atoms with Gasteiger partial charge < -0.3 is 34.3 Å². The Morgan fingerprint density at radius 1 is 0.771 bits per heavy atom. The van der Waals surface area contributed by atoms with E-state index < -0.39 is 54.5 Å². The van der Waals surface area contributed by atoms with Crippen LogP contribution >= 0.6 is 12.2 Å². The molecule has 1 aliphatic heterocycles. The van der Waals surface area contributed by atoms with Gasteiger partial charge in [0.25, 0.3) is 0 Å². The fraction of sp³-hybridized carbons (Fsp3) is 0.382. The molecule has 5 atom stereocenters. The maximum absolute atomic E-state index is 12.2. The monoisotopic (exact) mass is 678 g/mol. The van der Waals surface area contributed by atoms with Gasteiger partial charge >= 0.3 is 23.9 Å². The van der Waals surface area contributed by atoms with E-state index in [1.165, 1.54) is 12.5 Å². The molecule has 48 heavy (non-hydrogen) atoms. The molecule has 2 heterocycles. The number of hydrogen-bond acceptors (Lipinski definition) is 12. The fourth-order valence-corrected chi connectivity index (χ4v) is 5.27. The minimum absolute atomic E-state index is 0.0396. The predicted octanol–water partition coefficient (Wildman–Crippen LogP) is 4.30. The van der Waals surface area contributed by atoms with E-state index in [9.17, 15) is 19.2 Å². The molecule has 3 aromatic rings. The first-order valence-corrected chi connectivity index (χ1v) is 15.6.